The maximum absolute atomic E-state index is 12.7. The molecular weight excluding hydrogens is 202 g/mol. The van der Waals surface area contributed by atoms with Gasteiger partial charge >= 0.3 is 5.38 Å². The molecule has 1 unspecified atom stereocenters. The fourth-order valence-electron chi connectivity index (χ4n) is 1.12. The largest absolute Gasteiger partial charge is 0.496 e. The van der Waals surface area contributed by atoms with Crippen molar-refractivity contribution in [2.24, 2.45) is 5.84 Å². The second-order valence-electron chi connectivity index (χ2n) is 2.74. The molecule has 0 fully saturated rings. The Kier molecular flexibility index (Phi) is 3.47. The van der Waals surface area contributed by atoms with Crippen LogP contribution < -0.4 is 11.3 Å². The maximum Gasteiger partial charge on any atom is 0.345 e. The van der Waals surface area contributed by atoms with Gasteiger partial charge in [-0.15, -0.1) is 0 Å². The summed E-state index contributed by atoms with van der Waals surface area (Å²) in [4.78, 5) is 0. The smallest absolute Gasteiger partial charge is 0.345 e. The lowest BCUT2D eigenvalue weighted by molar-refractivity contribution is 0.0316. The third-order valence-electron chi connectivity index (χ3n) is 1.74. The summed E-state index contributed by atoms with van der Waals surface area (Å²) in [5, 5.41) is -3.43. The van der Waals surface area contributed by atoms with Crippen LogP contribution in [0.15, 0.2) is 11.8 Å². The molecule has 0 aromatic heterocycles. The molecule has 0 amide bonds. The molecule has 1 aliphatic heterocycles. The molecule has 0 saturated carbocycles. The normalized spacial score (nSPS) is 20.5. The third kappa shape index (κ3) is 2.79. The van der Waals surface area contributed by atoms with Crippen molar-refractivity contribution in [2.75, 3.05) is 6.61 Å². The Bertz CT molecular complexity index is 205. The van der Waals surface area contributed by atoms with Crippen LogP contribution in [0.2, 0.25) is 0 Å². The van der Waals surface area contributed by atoms with Gasteiger partial charge in [0.15, 0.2) is 6.04 Å². The molecule has 0 bridgehead atoms. The highest BCUT2D eigenvalue weighted by atomic mass is 35.5. The van der Waals surface area contributed by atoms with E-state index in [2.05, 4.69) is 0 Å². The number of nitrogens with two attached hydrogens (primary N) is 1. The average Bonchev–Trinajstić information content (AvgIpc) is 2.05. The summed E-state index contributed by atoms with van der Waals surface area (Å²) in [7, 11) is 0. The fourth-order valence-corrected chi connectivity index (χ4v) is 1.29. The van der Waals surface area contributed by atoms with Crippen LogP contribution >= 0.6 is 11.6 Å². The van der Waals surface area contributed by atoms with Crippen molar-refractivity contribution in [2.45, 2.75) is 24.3 Å². The Morgan fingerprint density at radius 1 is 1.69 bits per heavy atom. The Labute approximate surface area is 79.8 Å². The molecule has 0 aromatic carbocycles. The van der Waals surface area contributed by atoms with Crippen molar-refractivity contribution in [3.63, 3.8) is 0 Å². The first-order valence-electron chi connectivity index (χ1n) is 3.91. The van der Waals surface area contributed by atoms with Gasteiger partial charge in [-0.05, 0) is 30.5 Å². The highest BCUT2D eigenvalue weighted by Crippen LogP contribution is 2.29. The number of hydrogen-bond donors (Lipinski definition) is 2. The molecule has 0 saturated heterocycles. The second-order valence-corrected chi connectivity index (χ2v) is 3.24. The number of allylic oxidation sites excluding steroid dienone is 1. The maximum atomic E-state index is 12.7. The Morgan fingerprint density at radius 3 is 2.77 bits per heavy atom. The highest BCUT2D eigenvalue weighted by Gasteiger charge is 2.40. The van der Waals surface area contributed by atoms with Gasteiger partial charge in [-0.2, -0.15) is 8.78 Å². The van der Waals surface area contributed by atoms with Crippen LogP contribution in [0, 0.1) is 0 Å². The summed E-state index contributed by atoms with van der Waals surface area (Å²) >= 11 is 4.84. The van der Waals surface area contributed by atoms with E-state index in [0.717, 1.165) is 6.42 Å². The van der Waals surface area contributed by atoms with Crippen molar-refractivity contribution in [3.05, 3.63) is 11.8 Å². The van der Waals surface area contributed by atoms with Gasteiger partial charge in [-0.25, -0.2) is 5.43 Å². The van der Waals surface area contributed by atoms with Crippen LogP contribution in [0.5, 0.6) is 0 Å². The molecule has 0 radical (unpaired) electrons. The van der Waals surface area contributed by atoms with E-state index in [1.807, 2.05) is 5.43 Å². The molecule has 3 nitrogen and oxygen atoms in total. The monoisotopic (exact) mass is 212 g/mol. The predicted molar refractivity (Wildman–Crippen MR) is 45.2 cm³/mol. The molecule has 1 rings (SSSR count). The van der Waals surface area contributed by atoms with E-state index in [1.165, 1.54) is 0 Å². The Hall–Kier alpha value is -0.390. The first-order chi connectivity index (χ1) is 6.05. The molecular formula is C7H11ClF2N2O. The number of rotatable bonds is 3. The zero-order valence-electron chi connectivity index (χ0n) is 6.90. The van der Waals surface area contributed by atoms with E-state index in [9.17, 15) is 8.78 Å². The van der Waals surface area contributed by atoms with Crippen LogP contribution in [0.4, 0.5) is 8.78 Å². The quantitative estimate of drug-likeness (QED) is 0.422. The zero-order valence-corrected chi connectivity index (χ0v) is 7.65. The summed E-state index contributed by atoms with van der Waals surface area (Å²) in [6, 6.07) is -1.45. The van der Waals surface area contributed by atoms with Gasteiger partial charge < -0.3 is 4.74 Å². The predicted octanol–water partition coefficient (Wildman–Crippen LogP) is 1.34. The summed E-state index contributed by atoms with van der Waals surface area (Å²) in [6.45, 7) is 0.428. The van der Waals surface area contributed by atoms with Gasteiger partial charge in [0.1, 0.15) is 5.76 Å². The molecule has 0 spiro atoms. The summed E-state index contributed by atoms with van der Waals surface area (Å²) in [6.07, 6.45) is 3.11. The SMILES string of the molecule is NNC(C1=CCCCO1)C(F)(F)Cl. The van der Waals surface area contributed by atoms with Crippen LogP contribution in [-0.2, 0) is 4.74 Å². The van der Waals surface area contributed by atoms with Gasteiger partial charge in [0, 0.05) is 0 Å². The third-order valence-corrected chi connectivity index (χ3v) is 1.96. The van der Waals surface area contributed by atoms with Gasteiger partial charge in [-0.3, -0.25) is 5.84 Å². The zero-order chi connectivity index (χ0) is 9.90. The van der Waals surface area contributed by atoms with E-state index in [1.54, 1.807) is 6.08 Å². The van der Waals surface area contributed by atoms with Gasteiger partial charge in [0.2, 0.25) is 0 Å². The summed E-state index contributed by atoms with van der Waals surface area (Å²) < 4.78 is 30.4. The topological polar surface area (TPSA) is 47.3 Å². The van der Waals surface area contributed by atoms with E-state index in [4.69, 9.17) is 22.2 Å². The van der Waals surface area contributed by atoms with Crippen molar-refractivity contribution >= 4 is 11.6 Å². The molecule has 0 aromatic rings. The molecule has 13 heavy (non-hydrogen) atoms. The second kappa shape index (κ2) is 4.21. The molecule has 0 aliphatic carbocycles. The number of nitrogens with one attached hydrogen (secondary N) is 1. The minimum Gasteiger partial charge on any atom is -0.496 e. The van der Waals surface area contributed by atoms with Gasteiger partial charge in [-0.1, -0.05) is 0 Å². The standard InChI is InChI=1S/C7H11ClF2N2O/c8-7(9,10)6(12-11)5-3-1-2-4-13-5/h3,6,12H,1-2,4,11H2. The van der Waals surface area contributed by atoms with Gasteiger partial charge in [0.05, 0.1) is 6.61 Å². The lowest BCUT2D eigenvalue weighted by Gasteiger charge is -2.25. The first-order valence-corrected chi connectivity index (χ1v) is 4.29. The summed E-state index contributed by atoms with van der Waals surface area (Å²) in [5.74, 6) is 5.07. The van der Waals surface area contributed by atoms with Crippen LogP contribution in [-0.4, -0.2) is 18.0 Å². The minimum absolute atomic E-state index is 0.119. The number of hydrogen-bond acceptors (Lipinski definition) is 3. The molecule has 6 heteroatoms. The molecule has 3 N–H and O–H groups in total. The van der Waals surface area contributed by atoms with E-state index in [-0.39, 0.29) is 5.76 Å². The van der Waals surface area contributed by atoms with Crippen molar-refractivity contribution in [1.29, 1.82) is 0 Å². The number of ether oxygens (including phenoxy) is 1. The molecule has 76 valence electrons. The summed E-state index contributed by atoms with van der Waals surface area (Å²) in [5.41, 5.74) is 1.94. The van der Waals surface area contributed by atoms with E-state index in [0.29, 0.717) is 13.0 Å². The van der Waals surface area contributed by atoms with E-state index < -0.39 is 11.4 Å². The fraction of sp³-hybridized carbons (Fsp3) is 0.714. The van der Waals surface area contributed by atoms with Crippen LogP contribution in [0.1, 0.15) is 12.8 Å². The average molecular weight is 213 g/mol. The highest BCUT2D eigenvalue weighted by molar-refractivity contribution is 6.22. The molecule has 1 heterocycles. The molecule has 1 aliphatic rings. The van der Waals surface area contributed by atoms with Crippen molar-refractivity contribution in [3.8, 4) is 0 Å². The van der Waals surface area contributed by atoms with Crippen LogP contribution in [0.25, 0.3) is 0 Å². The minimum atomic E-state index is -3.43. The van der Waals surface area contributed by atoms with Crippen molar-refractivity contribution < 1.29 is 13.5 Å². The Balaban J connectivity index is 2.70. The lowest BCUT2D eigenvalue weighted by atomic mass is 10.1. The number of hydrazine groups is 1. The van der Waals surface area contributed by atoms with Gasteiger partial charge in [0.25, 0.3) is 0 Å². The number of alkyl halides is 3. The Morgan fingerprint density at radius 2 is 2.38 bits per heavy atom. The van der Waals surface area contributed by atoms with Crippen LogP contribution in [0.3, 0.4) is 0 Å². The number of halogens is 3. The van der Waals surface area contributed by atoms with E-state index >= 15 is 0 Å². The first kappa shape index (κ1) is 10.7. The lowest BCUT2D eigenvalue weighted by Crippen LogP contribution is -2.47. The van der Waals surface area contributed by atoms with Crippen molar-refractivity contribution in [1.82, 2.24) is 5.43 Å². The molecule has 1 atom stereocenters.